The molecule has 0 aromatic heterocycles. The average Bonchev–Trinajstić information content (AvgIpc) is 3.16. The Balaban J connectivity index is 1.51. The number of ether oxygens (including phenoxy) is 3. The molecule has 1 fully saturated rings. The van der Waals surface area contributed by atoms with Gasteiger partial charge in [-0.3, -0.25) is 4.79 Å². The fraction of sp³-hybridized carbons (Fsp3) is 0.350. The molecule has 6 nitrogen and oxygen atoms in total. The third-order valence-corrected chi connectivity index (χ3v) is 4.42. The molecule has 0 saturated carbocycles. The zero-order valence-corrected chi connectivity index (χ0v) is 15.1. The largest absolute Gasteiger partial charge is 0.493 e. The van der Waals surface area contributed by atoms with Gasteiger partial charge in [-0.05, 0) is 42.8 Å². The molecule has 1 aliphatic rings. The number of rotatable bonds is 7. The third-order valence-electron chi connectivity index (χ3n) is 4.42. The summed E-state index contributed by atoms with van der Waals surface area (Å²) in [5, 5.41) is 2.84. The fourth-order valence-corrected chi connectivity index (χ4v) is 2.99. The molecule has 1 saturated heterocycles. The molecule has 2 aromatic rings. The second-order valence-corrected chi connectivity index (χ2v) is 6.13. The van der Waals surface area contributed by atoms with E-state index in [1.807, 2.05) is 36.4 Å². The zero-order chi connectivity index (χ0) is 18.4. The summed E-state index contributed by atoms with van der Waals surface area (Å²) in [5.41, 5.74) is 1.87. The minimum absolute atomic E-state index is 0.0796. The predicted octanol–water partition coefficient (Wildman–Crippen LogP) is 2.94. The van der Waals surface area contributed by atoms with E-state index in [1.165, 1.54) is 0 Å². The molecule has 138 valence electrons. The van der Waals surface area contributed by atoms with E-state index in [9.17, 15) is 4.79 Å². The SMILES string of the molecule is COc1ccccc1OCC(=O)Nc1ccc(N2CCC(OC)C2)cc1. The lowest BCUT2D eigenvalue weighted by Gasteiger charge is -2.18. The maximum Gasteiger partial charge on any atom is 0.262 e. The predicted molar refractivity (Wildman–Crippen MR) is 101 cm³/mol. The summed E-state index contributed by atoms with van der Waals surface area (Å²) < 4.78 is 16.1. The van der Waals surface area contributed by atoms with Crippen LogP contribution in [0.4, 0.5) is 11.4 Å². The summed E-state index contributed by atoms with van der Waals surface area (Å²) in [5.74, 6) is 0.927. The van der Waals surface area contributed by atoms with Crippen LogP contribution in [0.15, 0.2) is 48.5 Å². The Morgan fingerprint density at radius 2 is 1.85 bits per heavy atom. The van der Waals surface area contributed by atoms with Gasteiger partial charge in [0, 0.05) is 31.6 Å². The summed E-state index contributed by atoms with van der Waals surface area (Å²) in [7, 11) is 3.32. The summed E-state index contributed by atoms with van der Waals surface area (Å²) in [6, 6.07) is 15.1. The van der Waals surface area contributed by atoms with Gasteiger partial charge in [0.2, 0.25) is 0 Å². The number of hydrogen-bond acceptors (Lipinski definition) is 5. The molecule has 1 heterocycles. The lowest BCUT2D eigenvalue weighted by atomic mass is 10.2. The standard InChI is InChI=1S/C20H24N2O4/c1-24-17-11-12-22(13-17)16-9-7-15(8-10-16)21-20(23)14-26-19-6-4-3-5-18(19)25-2/h3-10,17H,11-14H2,1-2H3,(H,21,23). The summed E-state index contributed by atoms with van der Waals surface area (Å²) in [4.78, 5) is 14.4. The van der Waals surface area contributed by atoms with Crippen molar-refractivity contribution in [2.45, 2.75) is 12.5 Å². The van der Waals surface area contributed by atoms with Gasteiger partial charge >= 0.3 is 0 Å². The molecular formula is C20H24N2O4. The van der Waals surface area contributed by atoms with Crippen molar-refractivity contribution < 1.29 is 19.0 Å². The molecule has 1 unspecified atom stereocenters. The fourth-order valence-electron chi connectivity index (χ4n) is 2.99. The summed E-state index contributed by atoms with van der Waals surface area (Å²) in [6.07, 6.45) is 1.33. The van der Waals surface area contributed by atoms with Crippen LogP contribution >= 0.6 is 0 Å². The maximum atomic E-state index is 12.1. The number of methoxy groups -OCH3 is 2. The number of anilines is 2. The third kappa shape index (κ3) is 4.46. The van der Waals surface area contributed by atoms with Gasteiger partial charge in [0.25, 0.3) is 5.91 Å². The van der Waals surface area contributed by atoms with Crippen LogP contribution in [0.1, 0.15) is 6.42 Å². The van der Waals surface area contributed by atoms with Gasteiger partial charge in [-0.1, -0.05) is 12.1 Å². The molecule has 0 radical (unpaired) electrons. The van der Waals surface area contributed by atoms with E-state index >= 15 is 0 Å². The van der Waals surface area contributed by atoms with Crippen LogP contribution in [0.3, 0.4) is 0 Å². The normalized spacial score (nSPS) is 16.4. The van der Waals surface area contributed by atoms with Gasteiger partial charge in [0.05, 0.1) is 13.2 Å². The number of para-hydroxylation sites is 2. The first-order valence-electron chi connectivity index (χ1n) is 8.63. The number of carbonyl (C=O) groups is 1. The minimum Gasteiger partial charge on any atom is -0.493 e. The van der Waals surface area contributed by atoms with Gasteiger partial charge in [-0.15, -0.1) is 0 Å². The molecule has 26 heavy (non-hydrogen) atoms. The van der Waals surface area contributed by atoms with E-state index in [4.69, 9.17) is 14.2 Å². The Hall–Kier alpha value is -2.73. The number of hydrogen-bond donors (Lipinski definition) is 1. The number of carbonyl (C=O) groups excluding carboxylic acids is 1. The van der Waals surface area contributed by atoms with Crippen LogP contribution in [0.2, 0.25) is 0 Å². The monoisotopic (exact) mass is 356 g/mol. The lowest BCUT2D eigenvalue weighted by molar-refractivity contribution is -0.118. The van der Waals surface area contributed by atoms with Crippen molar-refractivity contribution >= 4 is 17.3 Å². The molecule has 1 amide bonds. The topological polar surface area (TPSA) is 60.0 Å². The molecule has 1 aliphatic heterocycles. The van der Waals surface area contributed by atoms with Gasteiger partial charge < -0.3 is 24.4 Å². The van der Waals surface area contributed by atoms with Crippen molar-refractivity contribution in [3.05, 3.63) is 48.5 Å². The van der Waals surface area contributed by atoms with Crippen LogP contribution in [-0.2, 0) is 9.53 Å². The van der Waals surface area contributed by atoms with Crippen molar-refractivity contribution in [2.24, 2.45) is 0 Å². The van der Waals surface area contributed by atoms with Crippen molar-refractivity contribution in [3.63, 3.8) is 0 Å². The highest BCUT2D eigenvalue weighted by molar-refractivity contribution is 5.92. The zero-order valence-electron chi connectivity index (χ0n) is 15.1. The Morgan fingerprint density at radius 1 is 1.12 bits per heavy atom. The summed E-state index contributed by atoms with van der Waals surface area (Å²) in [6.45, 7) is 1.80. The Morgan fingerprint density at radius 3 is 2.50 bits per heavy atom. The van der Waals surface area contributed by atoms with E-state index < -0.39 is 0 Å². The van der Waals surface area contributed by atoms with Crippen LogP contribution in [0.5, 0.6) is 11.5 Å². The Kier molecular flexibility index (Phi) is 5.96. The minimum atomic E-state index is -0.218. The van der Waals surface area contributed by atoms with Crippen LogP contribution in [0, 0.1) is 0 Å². The summed E-state index contributed by atoms with van der Waals surface area (Å²) >= 11 is 0. The molecule has 2 aromatic carbocycles. The van der Waals surface area contributed by atoms with Gasteiger partial charge in [-0.25, -0.2) is 0 Å². The smallest absolute Gasteiger partial charge is 0.262 e. The quantitative estimate of drug-likeness (QED) is 0.827. The second-order valence-electron chi connectivity index (χ2n) is 6.13. The van der Waals surface area contributed by atoms with E-state index in [-0.39, 0.29) is 12.5 Å². The van der Waals surface area contributed by atoms with Crippen LogP contribution in [-0.4, -0.2) is 45.9 Å². The highest BCUT2D eigenvalue weighted by Crippen LogP contribution is 2.26. The first-order valence-corrected chi connectivity index (χ1v) is 8.63. The van der Waals surface area contributed by atoms with E-state index in [0.29, 0.717) is 17.6 Å². The number of benzene rings is 2. The van der Waals surface area contributed by atoms with Gasteiger partial charge in [0.15, 0.2) is 18.1 Å². The van der Waals surface area contributed by atoms with Crippen molar-refractivity contribution in [1.82, 2.24) is 0 Å². The van der Waals surface area contributed by atoms with E-state index in [0.717, 1.165) is 30.9 Å². The van der Waals surface area contributed by atoms with Crippen molar-refractivity contribution in [3.8, 4) is 11.5 Å². The average molecular weight is 356 g/mol. The van der Waals surface area contributed by atoms with Crippen LogP contribution in [0.25, 0.3) is 0 Å². The first kappa shape index (κ1) is 18.1. The molecule has 0 aliphatic carbocycles. The second kappa shape index (κ2) is 8.58. The van der Waals surface area contributed by atoms with Gasteiger partial charge in [-0.2, -0.15) is 0 Å². The van der Waals surface area contributed by atoms with Crippen molar-refractivity contribution in [1.29, 1.82) is 0 Å². The Bertz CT molecular complexity index is 733. The molecule has 0 bridgehead atoms. The number of nitrogens with one attached hydrogen (secondary N) is 1. The van der Waals surface area contributed by atoms with Crippen molar-refractivity contribution in [2.75, 3.05) is 44.1 Å². The molecule has 3 rings (SSSR count). The van der Waals surface area contributed by atoms with E-state index in [1.54, 1.807) is 26.4 Å². The van der Waals surface area contributed by atoms with Gasteiger partial charge in [0.1, 0.15) is 0 Å². The first-order chi connectivity index (χ1) is 12.7. The molecule has 1 atom stereocenters. The number of nitrogens with zero attached hydrogens (tertiary/aromatic N) is 1. The van der Waals surface area contributed by atoms with E-state index in [2.05, 4.69) is 10.2 Å². The molecule has 6 heteroatoms. The molecular weight excluding hydrogens is 332 g/mol. The molecule has 0 spiro atoms. The maximum absolute atomic E-state index is 12.1. The Labute approximate surface area is 153 Å². The van der Waals surface area contributed by atoms with Crippen LogP contribution < -0.4 is 19.7 Å². The highest BCUT2D eigenvalue weighted by Gasteiger charge is 2.22. The lowest BCUT2D eigenvalue weighted by Crippen LogP contribution is -2.22. The highest BCUT2D eigenvalue weighted by atomic mass is 16.5. The number of amides is 1. The molecule has 1 N–H and O–H groups in total.